The van der Waals surface area contributed by atoms with E-state index in [2.05, 4.69) is 99.5 Å². The summed E-state index contributed by atoms with van der Waals surface area (Å²) in [6.45, 7) is 7.97. The Hall–Kier alpha value is -4.11. The first-order chi connectivity index (χ1) is 19.1. The van der Waals surface area contributed by atoms with Crippen LogP contribution in [0.3, 0.4) is 0 Å². The van der Waals surface area contributed by atoms with E-state index < -0.39 is 0 Å². The van der Waals surface area contributed by atoms with Gasteiger partial charge >= 0.3 is 0 Å². The van der Waals surface area contributed by atoms with Crippen LogP contribution in [0.2, 0.25) is 0 Å². The summed E-state index contributed by atoms with van der Waals surface area (Å²) in [5.41, 5.74) is 6.54. The van der Waals surface area contributed by atoms with Gasteiger partial charge in [-0.1, -0.05) is 32.0 Å². The summed E-state index contributed by atoms with van der Waals surface area (Å²) in [7, 11) is 1.95. The third-order valence-electron chi connectivity index (χ3n) is 7.69. The molecule has 3 aromatic heterocycles. The topological polar surface area (TPSA) is 96.1 Å². The molecule has 4 N–H and O–H groups in total. The molecule has 39 heavy (non-hydrogen) atoms. The fourth-order valence-corrected chi connectivity index (χ4v) is 5.39. The zero-order chi connectivity index (χ0) is 26.8. The molecular formula is C30H37N9. The van der Waals surface area contributed by atoms with Gasteiger partial charge in [-0.25, -0.2) is 0 Å². The highest BCUT2D eigenvalue weighted by molar-refractivity contribution is 5.85. The third-order valence-corrected chi connectivity index (χ3v) is 7.69. The van der Waals surface area contributed by atoms with Gasteiger partial charge in [-0.05, 0) is 73.7 Å². The van der Waals surface area contributed by atoms with Crippen LogP contribution in [0.4, 0.5) is 17.6 Å². The molecule has 6 rings (SSSR count). The van der Waals surface area contributed by atoms with Gasteiger partial charge in [0.25, 0.3) is 0 Å². The molecule has 202 valence electrons. The Morgan fingerprint density at radius 2 is 1.87 bits per heavy atom. The molecule has 0 spiro atoms. The van der Waals surface area contributed by atoms with Crippen molar-refractivity contribution in [3.05, 3.63) is 72.1 Å². The van der Waals surface area contributed by atoms with Gasteiger partial charge in [0, 0.05) is 43.0 Å². The first-order valence-corrected chi connectivity index (χ1v) is 13.9. The molecule has 1 saturated heterocycles. The number of anilines is 3. The first-order valence-electron chi connectivity index (χ1n) is 13.9. The van der Waals surface area contributed by atoms with Crippen molar-refractivity contribution in [2.45, 2.75) is 39.2 Å². The molecule has 1 aliphatic rings. The highest BCUT2D eigenvalue weighted by atomic mass is 15.4. The smallest absolute Gasteiger partial charge is 0.229 e. The summed E-state index contributed by atoms with van der Waals surface area (Å²) in [6.07, 6.45) is 6.39. The lowest BCUT2D eigenvalue weighted by atomic mass is 9.98. The van der Waals surface area contributed by atoms with Crippen LogP contribution < -0.4 is 21.3 Å². The van der Waals surface area contributed by atoms with Gasteiger partial charge < -0.3 is 25.8 Å². The Morgan fingerprint density at radius 1 is 1.03 bits per heavy atom. The molecule has 1 fully saturated rings. The van der Waals surface area contributed by atoms with Gasteiger partial charge in [-0.15, -0.1) is 0 Å². The summed E-state index contributed by atoms with van der Waals surface area (Å²) < 4.78 is 4.08. The van der Waals surface area contributed by atoms with Crippen molar-refractivity contribution in [3.8, 4) is 5.69 Å². The van der Waals surface area contributed by atoms with E-state index >= 15 is 0 Å². The number of benzene rings is 2. The minimum absolute atomic E-state index is 0.314. The third kappa shape index (κ3) is 5.14. The Morgan fingerprint density at radius 3 is 2.69 bits per heavy atom. The number of hydrogen-bond donors (Lipinski definition) is 4. The van der Waals surface area contributed by atoms with Crippen LogP contribution >= 0.6 is 0 Å². The zero-order valence-electron chi connectivity index (χ0n) is 22.9. The lowest BCUT2D eigenvalue weighted by Crippen LogP contribution is -2.31. The lowest BCUT2D eigenvalue weighted by molar-refractivity contribution is 0.389. The molecule has 0 aliphatic carbocycles. The maximum absolute atomic E-state index is 4.88. The van der Waals surface area contributed by atoms with Crippen LogP contribution in [0, 0.1) is 5.92 Å². The summed E-state index contributed by atoms with van der Waals surface area (Å²) in [5, 5.41) is 19.6. The van der Waals surface area contributed by atoms with Crippen LogP contribution in [0.1, 0.15) is 43.7 Å². The summed E-state index contributed by atoms with van der Waals surface area (Å²) >= 11 is 0. The Kier molecular flexibility index (Phi) is 7.06. The number of rotatable bonds is 9. The average Bonchev–Trinajstić information content (AvgIpc) is 3.60. The van der Waals surface area contributed by atoms with Gasteiger partial charge in [0.15, 0.2) is 5.65 Å². The molecule has 0 bridgehead atoms. The molecule has 1 aliphatic heterocycles. The van der Waals surface area contributed by atoms with Crippen molar-refractivity contribution < 1.29 is 0 Å². The average molecular weight is 524 g/mol. The van der Waals surface area contributed by atoms with E-state index in [1.165, 1.54) is 29.3 Å². The van der Waals surface area contributed by atoms with Gasteiger partial charge in [0.2, 0.25) is 11.9 Å². The number of fused-ring (bicyclic) bond motifs is 2. The predicted molar refractivity (Wildman–Crippen MR) is 159 cm³/mol. The molecule has 9 nitrogen and oxygen atoms in total. The molecule has 0 atom stereocenters. The Balaban J connectivity index is 1.30. The van der Waals surface area contributed by atoms with E-state index in [9.17, 15) is 0 Å². The second-order valence-electron chi connectivity index (χ2n) is 10.6. The highest BCUT2D eigenvalue weighted by Gasteiger charge is 2.18. The van der Waals surface area contributed by atoms with Crippen LogP contribution in [-0.2, 0) is 6.54 Å². The summed E-state index contributed by atoms with van der Waals surface area (Å²) in [5.74, 6) is 2.28. The van der Waals surface area contributed by atoms with E-state index in [-0.39, 0.29) is 0 Å². The second kappa shape index (κ2) is 10.9. The first kappa shape index (κ1) is 25.2. The van der Waals surface area contributed by atoms with Crippen LogP contribution in [0.15, 0.2) is 60.9 Å². The van der Waals surface area contributed by atoms with E-state index in [1.54, 1.807) is 0 Å². The van der Waals surface area contributed by atoms with Crippen LogP contribution in [0.5, 0.6) is 0 Å². The number of nitrogens with zero attached hydrogens (tertiary/aromatic N) is 5. The molecule has 9 heteroatoms. The van der Waals surface area contributed by atoms with Gasteiger partial charge in [0.1, 0.15) is 0 Å². The standard InChI is InChI=1S/C30H37N9/c1-20(2)25-19-35-39-28(25)36-29(33-17-21-10-13-32-14-11-21)37-30(39)34-18-23-6-4-5-7-26(23)38-15-12-22-16-24(31-3)8-9-27(22)38/h4-9,12,15-16,19-21,31-32H,10-11,13-14,17-18H2,1-3H3,(H2,33,34,36,37). The van der Waals surface area contributed by atoms with Crippen molar-refractivity contribution in [1.82, 2.24) is 29.5 Å². The van der Waals surface area contributed by atoms with Crippen molar-refractivity contribution >= 4 is 34.1 Å². The number of nitrogens with one attached hydrogen (secondary N) is 4. The minimum atomic E-state index is 0.314. The largest absolute Gasteiger partial charge is 0.388 e. The Labute approximate surface area is 229 Å². The molecule has 2 aromatic carbocycles. The predicted octanol–water partition coefficient (Wildman–Crippen LogP) is 5.26. The number of piperidine rings is 1. The lowest BCUT2D eigenvalue weighted by Gasteiger charge is -2.22. The van der Waals surface area contributed by atoms with E-state index in [0.29, 0.717) is 30.3 Å². The zero-order valence-corrected chi connectivity index (χ0v) is 22.9. The quantitative estimate of drug-likeness (QED) is 0.209. The molecule has 0 unspecified atom stereocenters. The minimum Gasteiger partial charge on any atom is -0.388 e. The van der Waals surface area contributed by atoms with Crippen LogP contribution in [-0.4, -0.2) is 50.8 Å². The second-order valence-corrected chi connectivity index (χ2v) is 10.6. The molecule has 4 heterocycles. The molecule has 0 radical (unpaired) electrons. The molecule has 5 aromatic rings. The molecular weight excluding hydrogens is 486 g/mol. The van der Waals surface area contributed by atoms with Crippen molar-refractivity contribution in [2.75, 3.05) is 42.6 Å². The molecule has 0 amide bonds. The highest BCUT2D eigenvalue weighted by Crippen LogP contribution is 2.27. The van der Waals surface area contributed by atoms with Crippen molar-refractivity contribution in [2.24, 2.45) is 5.92 Å². The monoisotopic (exact) mass is 523 g/mol. The normalized spacial score (nSPS) is 14.4. The Bertz CT molecular complexity index is 1580. The SMILES string of the molecule is CNc1ccc2c(ccn2-c2ccccc2CNc2nc(NCC3CCNCC3)nc3c(C(C)C)cnn23)c1. The molecule has 0 saturated carbocycles. The van der Waals surface area contributed by atoms with Gasteiger partial charge in [-0.2, -0.15) is 19.6 Å². The number of para-hydroxylation sites is 1. The van der Waals surface area contributed by atoms with E-state index in [0.717, 1.165) is 42.2 Å². The van der Waals surface area contributed by atoms with Gasteiger partial charge in [-0.3, -0.25) is 0 Å². The van der Waals surface area contributed by atoms with E-state index in [1.807, 2.05) is 17.8 Å². The number of hydrogen-bond acceptors (Lipinski definition) is 7. The van der Waals surface area contributed by atoms with Gasteiger partial charge in [0.05, 0.1) is 17.4 Å². The van der Waals surface area contributed by atoms with E-state index in [4.69, 9.17) is 9.97 Å². The maximum atomic E-state index is 4.88. The number of aromatic nitrogens is 5. The van der Waals surface area contributed by atoms with Crippen molar-refractivity contribution in [3.63, 3.8) is 0 Å². The fourth-order valence-electron chi connectivity index (χ4n) is 5.39. The van der Waals surface area contributed by atoms with Crippen molar-refractivity contribution in [1.29, 1.82) is 0 Å². The maximum Gasteiger partial charge on any atom is 0.229 e. The van der Waals surface area contributed by atoms with Crippen LogP contribution in [0.25, 0.3) is 22.2 Å². The summed E-state index contributed by atoms with van der Waals surface area (Å²) in [6, 6.07) is 17.1. The summed E-state index contributed by atoms with van der Waals surface area (Å²) in [4.78, 5) is 9.75. The fraction of sp³-hybridized carbons (Fsp3) is 0.367.